The highest BCUT2D eigenvalue weighted by molar-refractivity contribution is 5.94. The number of amides is 1. The van der Waals surface area contributed by atoms with Crippen molar-refractivity contribution < 1.29 is 9.53 Å². The zero-order valence-corrected chi connectivity index (χ0v) is 12.0. The number of carbonyl (C=O) groups excluding carboxylic acids is 1. The van der Waals surface area contributed by atoms with Gasteiger partial charge in [0.25, 0.3) is 5.91 Å². The van der Waals surface area contributed by atoms with E-state index in [1.165, 1.54) is 12.8 Å². The minimum absolute atomic E-state index is 0.102. The summed E-state index contributed by atoms with van der Waals surface area (Å²) in [5, 5.41) is 6.01. The molecule has 2 N–H and O–H groups in total. The topological polar surface area (TPSA) is 63.2 Å². The smallest absolute Gasteiger partial charge is 0.252 e. The highest BCUT2D eigenvalue weighted by Crippen LogP contribution is 2.28. The molecule has 1 aliphatic carbocycles. The van der Waals surface area contributed by atoms with Gasteiger partial charge < -0.3 is 15.4 Å². The van der Waals surface area contributed by atoms with Gasteiger partial charge in [-0.15, -0.1) is 0 Å². The number of hydrogen-bond acceptors (Lipinski definition) is 4. The van der Waals surface area contributed by atoms with Gasteiger partial charge in [-0.05, 0) is 37.3 Å². The summed E-state index contributed by atoms with van der Waals surface area (Å²) < 4.78 is 5.47. The molecule has 2 rings (SSSR count). The van der Waals surface area contributed by atoms with Crippen LogP contribution in [-0.4, -0.2) is 37.2 Å². The maximum absolute atomic E-state index is 11.9. The molecule has 1 aromatic rings. The number of aromatic nitrogens is 1. The molecule has 0 radical (unpaired) electrons. The van der Waals surface area contributed by atoms with E-state index in [1.807, 2.05) is 6.07 Å². The van der Waals surface area contributed by atoms with Gasteiger partial charge in [0.1, 0.15) is 5.82 Å². The van der Waals surface area contributed by atoms with Crippen LogP contribution in [0.4, 0.5) is 5.82 Å². The molecule has 1 amide bonds. The fraction of sp³-hybridized carbons (Fsp3) is 0.600. The Morgan fingerprint density at radius 2 is 2.25 bits per heavy atom. The highest BCUT2D eigenvalue weighted by atomic mass is 16.5. The number of ether oxygens (including phenoxy) is 1. The summed E-state index contributed by atoms with van der Waals surface area (Å²) in [5.74, 6) is 1.46. The van der Waals surface area contributed by atoms with Crippen LogP contribution >= 0.6 is 0 Å². The average molecular weight is 277 g/mol. The maximum atomic E-state index is 11.9. The van der Waals surface area contributed by atoms with Gasteiger partial charge in [0, 0.05) is 25.9 Å². The molecule has 110 valence electrons. The number of carbonyl (C=O) groups is 1. The summed E-state index contributed by atoms with van der Waals surface area (Å²) in [4.78, 5) is 16.1. The van der Waals surface area contributed by atoms with Crippen molar-refractivity contribution >= 4 is 11.7 Å². The third kappa shape index (κ3) is 5.17. The van der Waals surface area contributed by atoms with Gasteiger partial charge in [-0.2, -0.15) is 0 Å². The van der Waals surface area contributed by atoms with Crippen molar-refractivity contribution in [1.82, 2.24) is 10.3 Å². The summed E-state index contributed by atoms with van der Waals surface area (Å²) in [6, 6.07) is 3.61. The third-order valence-corrected chi connectivity index (χ3v) is 3.16. The van der Waals surface area contributed by atoms with Crippen molar-refractivity contribution in [3.63, 3.8) is 0 Å². The SMILES string of the molecule is CCCNc1ccc(C(=O)NCCOCC2CC2)cn1. The molecule has 1 saturated carbocycles. The largest absolute Gasteiger partial charge is 0.379 e. The molecule has 20 heavy (non-hydrogen) atoms. The average Bonchev–Trinajstić information content (AvgIpc) is 3.29. The standard InChI is InChI=1S/C15H23N3O2/c1-2-7-16-14-6-5-13(10-18-14)15(19)17-8-9-20-11-12-3-4-12/h5-6,10,12H,2-4,7-9,11H2,1H3,(H,16,18)(H,17,19). The number of pyridine rings is 1. The van der Waals surface area contributed by atoms with Crippen LogP contribution in [0.1, 0.15) is 36.5 Å². The van der Waals surface area contributed by atoms with E-state index in [2.05, 4.69) is 22.5 Å². The lowest BCUT2D eigenvalue weighted by Crippen LogP contribution is -2.27. The molecule has 0 spiro atoms. The highest BCUT2D eigenvalue weighted by Gasteiger charge is 2.20. The zero-order valence-electron chi connectivity index (χ0n) is 12.0. The quantitative estimate of drug-likeness (QED) is 0.678. The molecule has 0 aliphatic heterocycles. The van der Waals surface area contributed by atoms with Crippen molar-refractivity contribution in [2.24, 2.45) is 5.92 Å². The predicted molar refractivity (Wildman–Crippen MR) is 78.9 cm³/mol. The number of rotatable bonds is 9. The van der Waals surface area contributed by atoms with E-state index >= 15 is 0 Å². The van der Waals surface area contributed by atoms with Gasteiger partial charge in [0.15, 0.2) is 0 Å². The summed E-state index contributed by atoms with van der Waals surface area (Å²) in [5.41, 5.74) is 0.578. The molecule has 5 heteroatoms. The minimum atomic E-state index is -0.102. The van der Waals surface area contributed by atoms with E-state index < -0.39 is 0 Å². The van der Waals surface area contributed by atoms with E-state index in [0.717, 1.165) is 31.3 Å². The maximum Gasteiger partial charge on any atom is 0.252 e. The Kier molecular flexibility index (Phi) is 5.80. The minimum Gasteiger partial charge on any atom is -0.379 e. The van der Waals surface area contributed by atoms with Crippen molar-refractivity contribution in [2.45, 2.75) is 26.2 Å². The van der Waals surface area contributed by atoms with Crippen molar-refractivity contribution in [3.8, 4) is 0 Å². The first-order valence-corrected chi connectivity index (χ1v) is 7.35. The molecular weight excluding hydrogens is 254 g/mol. The van der Waals surface area contributed by atoms with E-state index in [9.17, 15) is 4.79 Å². The molecule has 0 atom stereocenters. The molecular formula is C15H23N3O2. The third-order valence-electron chi connectivity index (χ3n) is 3.16. The van der Waals surface area contributed by atoms with Crippen molar-refractivity contribution in [3.05, 3.63) is 23.9 Å². The molecule has 0 bridgehead atoms. The lowest BCUT2D eigenvalue weighted by molar-refractivity contribution is 0.0906. The molecule has 0 unspecified atom stereocenters. The fourth-order valence-electron chi connectivity index (χ4n) is 1.76. The first kappa shape index (κ1) is 14.8. The predicted octanol–water partition coefficient (Wildman–Crippen LogP) is 2.06. The Morgan fingerprint density at radius 3 is 2.90 bits per heavy atom. The van der Waals surface area contributed by atoms with Crippen molar-refractivity contribution in [2.75, 3.05) is 31.6 Å². The van der Waals surface area contributed by atoms with Crippen molar-refractivity contribution in [1.29, 1.82) is 0 Å². The van der Waals surface area contributed by atoms with Gasteiger partial charge in [-0.3, -0.25) is 4.79 Å². The number of nitrogens with zero attached hydrogens (tertiary/aromatic N) is 1. The zero-order chi connectivity index (χ0) is 14.2. The molecule has 1 aliphatic rings. The molecule has 0 aromatic carbocycles. The van der Waals surface area contributed by atoms with Crippen LogP contribution in [0.3, 0.4) is 0 Å². The molecule has 1 aromatic heterocycles. The van der Waals surface area contributed by atoms with Gasteiger partial charge in [0.2, 0.25) is 0 Å². The summed E-state index contributed by atoms with van der Waals surface area (Å²) in [6.07, 6.45) is 5.22. The number of nitrogens with one attached hydrogen (secondary N) is 2. The summed E-state index contributed by atoms with van der Waals surface area (Å²) in [7, 11) is 0. The van der Waals surface area contributed by atoms with Crippen LogP contribution in [0.2, 0.25) is 0 Å². The molecule has 1 fully saturated rings. The van der Waals surface area contributed by atoms with E-state index in [1.54, 1.807) is 12.3 Å². The first-order chi connectivity index (χ1) is 9.79. The van der Waals surface area contributed by atoms with Gasteiger partial charge in [0.05, 0.1) is 12.2 Å². The van der Waals surface area contributed by atoms with Crippen LogP contribution in [0.25, 0.3) is 0 Å². The van der Waals surface area contributed by atoms with Gasteiger partial charge in [-0.25, -0.2) is 4.98 Å². The van der Waals surface area contributed by atoms with Crippen LogP contribution in [-0.2, 0) is 4.74 Å². The second kappa shape index (κ2) is 7.85. The van der Waals surface area contributed by atoms with Gasteiger partial charge in [-0.1, -0.05) is 6.92 Å². The second-order valence-corrected chi connectivity index (χ2v) is 5.13. The lowest BCUT2D eigenvalue weighted by Gasteiger charge is -2.07. The van der Waals surface area contributed by atoms with E-state index in [4.69, 9.17) is 4.74 Å². The fourth-order valence-corrected chi connectivity index (χ4v) is 1.76. The second-order valence-electron chi connectivity index (χ2n) is 5.13. The van der Waals surface area contributed by atoms with E-state index in [-0.39, 0.29) is 5.91 Å². The van der Waals surface area contributed by atoms with Crippen LogP contribution in [0.5, 0.6) is 0 Å². The normalized spacial score (nSPS) is 14.1. The summed E-state index contributed by atoms with van der Waals surface area (Å²) >= 11 is 0. The van der Waals surface area contributed by atoms with Crippen LogP contribution in [0, 0.1) is 5.92 Å². The first-order valence-electron chi connectivity index (χ1n) is 7.35. The van der Waals surface area contributed by atoms with Crippen LogP contribution in [0.15, 0.2) is 18.3 Å². The molecule has 5 nitrogen and oxygen atoms in total. The number of hydrogen-bond donors (Lipinski definition) is 2. The Hall–Kier alpha value is -1.62. The lowest BCUT2D eigenvalue weighted by atomic mass is 10.2. The van der Waals surface area contributed by atoms with E-state index in [0.29, 0.717) is 18.7 Å². The Labute approximate surface area is 120 Å². The molecule has 1 heterocycles. The monoisotopic (exact) mass is 277 g/mol. The summed E-state index contributed by atoms with van der Waals surface area (Å²) in [6.45, 7) is 4.93. The van der Waals surface area contributed by atoms with Gasteiger partial charge >= 0.3 is 0 Å². The Balaban J connectivity index is 1.65. The Bertz CT molecular complexity index is 416. The molecule has 0 saturated heterocycles. The number of anilines is 1. The van der Waals surface area contributed by atoms with Crippen LogP contribution < -0.4 is 10.6 Å². The Morgan fingerprint density at radius 1 is 1.40 bits per heavy atom.